The van der Waals surface area contributed by atoms with Crippen molar-refractivity contribution in [2.24, 2.45) is 5.92 Å². The summed E-state index contributed by atoms with van der Waals surface area (Å²) in [6, 6.07) is 1.49. The van der Waals surface area contributed by atoms with Crippen molar-refractivity contribution in [3.8, 4) is 0 Å². The molecule has 0 bridgehead atoms. The zero-order valence-electron chi connectivity index (χ0n) is 14.8. The van der Waals surface area contributed by atoms with Gasteiger partial charge in [0.05, 0.1) is 11.1 Å². The number of piperazine rings is 1. The van der Waals surface area contributed by atoms with Crippen molar-refractivity contribution in [3.05, 3.63) is 34.9 Å². The van der Waals surface area contributed by atoms with Crippen molar-refractivity contribution >= 4 is 0 Å². The van der Waals surface area contributed by atoms with Crippen LogP contribution in [-0.2, 0) is 12.4 Å². The minimum absolute atomic E-state index is 0.0923. The van der Waals surface area contributed by atoms with Crippen LogP contribution in [0.3, 0.4) is 0 Å². The number of alkyl halides is 6. The molecule has 1 saturated heterocycles. The van der Waals surface area contributed by atoms with Crippen LogP contribution in [0.2, 0.25) is 0 Å². The Hall–Kier alpha value is -1.28. The first-order valence-corrected chi connectivity index (χ1v) is 8.72. The summed E-state index contributed by atoms with van der Waals surface area (Å²) in [6.07, 6.45) is -8.38. The molecule has 0 unspecified atom stereocenters. The molecular weight excluding hydrogens is 358 g/mol. The van der Waals surface area contributed by atoms with Crippen molar-refractivity contribution in [1.29, 1.82) is 0 Å². The minimum atomic E-state index is -4.82. The first kappa shape index (κ1) is 21.0. The van der Waals surface area contributed by atoms with Crippen LogP contribution in [0, 0.1) is 5.92 Å². The molecule has 0 amide bonds. The molecule has 26 heavy (non-hydrogen) atoms. The third kappa shape index (κ3) is 5.61. The maximum atomic E-state index is 13.2. The number of halogens is 6. The van der Waals surface area contributed by atoms with Crippen LogP contribution >= 0.6 is 0 Å². The van der Waals surface area contributed by atoms with Gasteiger partial charge in [0.15, 0.2) is 0 Å². The molecule has 0 aliphatic carbocycles. The molecule has 1 aromatic carbocycles. The smallest absolute Gasteiger partial charge is 0.314 e. The summed E-state index contributed by atoms with van der Waals surface area (Å²) in [4.78, 5) is 1.98. The summed E-state index contributed by atoms with van der Waals surface area (Å²) < 4.78 is 79.0. The Labute approximate surface area is 149 Å². The van der Waals surface area contributed by atoms with Crippen molar-refractivity contribution in [1.82, 2.24) is 10.2 Å². The van der Waals surface area contributed by atoms with Crippen molar-refractivity contribution in [2.45, 2.75) is 45.1 Å². The van der Waals surface area contributed by atoms with Gasteiger partial charge in [0, 0.05) is 32.2 Å². The quantitative estimate of drug-likeness (QED) is 0.713. The summed E-state index contributed by atoms with van der Waals surface area (Å²) in [6.45, 7) is 6.51. The van der Waals surface area contributed by atoms with E-state index in [0.717, 1.165) is 18.6 Å². The fraction of sp³-hybridized carbons (Fsp3) is 0.667. The molecule has 148 valence electrons. The molecule has 1 aromatic rings. The fourth-order valence-corrected chi connectivity index (χ4v) is 3.22. The Morgan fingerprint density at radius 3 is 1.81 bits per heavy atom. The molecule has 1 aliphatic heterocycles. The first-order valence-electron chi connectivity index (χ1n) is 8.72. The third-order valence-corrected chi connectivity index (χ3v) is 4.60. The van der Waals surface area contributed by atoms with Gasteiger partial charge in [-0.15, -0.1) is 0 Å². The number of rotatable bonds is 5. The fourth-order valence-electron chi connectivity index (χ4n) is 3.22. The van der Waals surface area contributed by atoms with Crippen LogP contribution in [-0.4, -0.2) is 31.1 Å². The topological polar surface area (TPSA) is 15.3 Å². The Morgan fingerprint density at radius 2 is 1.38 bits per heavy atom. The van der Waals surface area contributed by atoms with Gasteiger partial charge < -0.3 is 5.32 Å². The van der Waals surface area contributed by atoms with Gasteiger partial charge in [0.1, 0.15) is 0 Å². The summed E-state index contributed by atoms with van der Waals surface area (Å²) in [5, 5.41) is 3.16. The van der Waals surface area contributed by atoms with Gasteiger partial charge >= 0.3 is 12.4 Å². The standard InChI is InChI=1S/C18H24F6N2/c1-12(2)3-4-16(26-7-5-25-6-8-26)13-9-14(17(19,20)21)11-15(10-13)18(22,23)24/h9-12,16,25H,3-8H2,1-2H3/t16-/m0/s1. The van der Waals surface area contributed by atoms with E-state index in [4.69, 9.17) is 0 Å². The summed E-state index contributed by atoms with van der Waals surface area (Å²) in [7, 11) is 0. The zero-order chi connectivity index (χ0) is 19.5. The van der Waals surface area contributed by atoms with Crippen LogP contribution in [0.15, 0.2) is 18.2 Å². The van der Waals surface area contributed by atoms with E-state index in [9.17, 15) is 26.3 Å². The van der Waals surface area contributed by atoms with E-state index in [1.54, 1.807) is 0 Å². The molecule has 1 N–H and O–H groups in total. The molecule has 1 aliphatic rings. The SMILES string of the molecule is CC(C)CC[C@@H](c1cc(C(F)(F)F)cc(C(F)(F)F)c1)N1CCNCC1. The monoisotopic (exact) mass is 382 g/mol. The number of nitrogens with one attached hydrogen (secondary N) is 1. The van der Waals surface area contributed by atoms with E-state index in [-0.39, 0.29) is 11.6 Å². The van der Waals surface area contributed by atoms with E-state index in [2.05, 4.69) is 5.32 Å². The summed E-state index contributed by atoms with van der Waals surface area (Å²) in [5.74, 6) is 0.313. The predicted molar refractivity (Wildman–Crippen MR) is 87.7 cm³/mol. The highest BCUT2D eigenvalue weighted by Gasteiger charge is 2.38. The van der Waals surface area contributed by atoms with E-state index >= 15 is 0 Å². The average Bonchev–Trinajstić information content (AvgIpc) is 2.54. The number of hydrogen-bond donors (Lipinski definition) is 1. The van der Waals surface area contributed by atoms with Crippen LogP contribution < -0.4 is 5.32 Å². The molecule has 8 heteroatoms. The lowest BCUT2D eigenvalue weighted by Crippen LogP contribution is -2.45. The molecule has 0 spiro atoms. The molecule has 2 rings (SSSR count). The van der Waals surface area contributed by atoms with Crippen molar-refractivity contribution in [2.75, 3.05) is 26.2 Å². The van der Waals surface area contributed by atoms with Gasteiger partial charge in [0.2, 0.25) is 0 Å². The van der Waals surface area contributed by atoms with Gasteiger partial charge in [-0.05, 0) is 42.5 Å². The maximum Gasteiger partial charge on any atom is 0.416 e. The lowest BCUT2D eigenvalue weighted by atomic mass is 9.93. The molecule has 0 aromatic heterocycles. The molecule has 1 atom stereocenters. The number of hydrogen-bond acceptors (Lipinski definition) is 2. The van der Waals surface area contributed by atoms with Gasteiger partial charge in [0.25, 0.3) is 0 Å². The second-order valence-corrected chi connectivity index (χ2v) is 7.11. The summed E-state index contributed by atoms with van der Waals surface area (Å²) in [5.41, 5.74) is -2.39. The Balaban J connectivity index is 2.46. The lowest BCUT2D eigenvalue weighted by molar-refractivity contribution is -0.143. The normalized spacial score (nSPS) is 18.3. The van der Waals surface area contributed by atoms with Gasteiger partial charge in [-0.2, -0.15) is 26.3 Å². The van der Waals surface area contributed by atoms with Crippen molar-refractivity contribution < 1.29 is 26.3 Å². The van der Waals surface area contributed by atoms with E-state index < -0.39 is 29.5 Å². The first-order chi connectivity index (χ1) is 12.0. The van der Waals surface area contributed by atoms with Gasteiger partial charge in [-0.25, -0.2) is 0 Å². The summed E-state index contributed by atoms with van der Waals surface area (Å²) >= 11 is 0. The highest BCUT2D eigenvalue weighted by Crippen LogP contribution is 2.39. The molecule has 1 fully saturated rings. The van der Waals surface area contributed by atoms with E-state index in [1.807, 2.05) is 18.7 Å². The third-order valence-electron chi connectivity index (χ3n) is 4.60. The molecule has 1 heterocycles. The largest absolute Gasteiger partial charge is 0.416 e. The number of benzene rings is 1. The highest BCUT2D eigenvalue weighted by molar-refractivity contribution is 5.35. The van der Waals surface area contributed by atoms with Crippen LogP contribution in [0.25, 0.3) is 0 Å². The minimum Gasteiger partial charge on any atom is -0.314 e. The number of nitrogens with zero attached hydrogens (tertiary/aromatic N) is 1. The molecule has 0 radical (unpaired) electrons. The van der Waals surface area contributed by atoms with E-state index in [1.165, 1.54) is 0 Å². The van der Waals surface area contributed by atoms with Crippen LogP contribution in [0.1, 0.15) is 49.4 Å². The Kier molecular flexibility index (Phi) is 6.60. The van der Waals surface area contributed by atoms with Crippen LogP contribution in [0.4, 0.5) is 26.3 Å². The highest BCUT2D eigenvalue weighted by atomic mass is 19.4. The second kappa shape index (κ2) is 8.17. The lowest BCUT2D eigenvalue weighted by Gasteiger charge is -2.36. The predicted octanol–water partition coefficient (Wildman–Crippen LogP) is 5.11. The Morgan fingerprint density at radius 1 is 0.885 bits per heavy atom. The zero-order valence-corrected chi connectivity index (χ0v) is 14.8. The molecular formula is C18H24F6N2. The maximum absolute atomic E-state index is 13.2. The average molecular weight is 382 g/mol. The van der Waals surface area contributed by atoms with Gasteiger partial charge in [-0.1, -0.05) is 13.8 Å². The van der Waals surface area contributed by atoms with Crippen molar-refractivity contribution in [3.63, 3.8) is 0 Å². The molecule has 2 nitrogen and oxygen atoms in total. The Bertz CT molecular complexity index is 556. The van der Waals surface area contributed by atoms with E-state index in [0.29, 0.717) is 38.5 Å². The second-order valence-electron chi connectivity index (χ2n) is 7.11. The van der Waals surface area contributed by atoms with Gasteiger partial charge in [-0.3, -0.25) is 4.90 Å². The van der Waals surface area contributed by atoms with Crippen LogP contribution in [0.5, 0.6) is 0 Å². The molecule has 0 saturated carbocycles.